The average Bonchev–Trinajstić information content (AvgIpc) is 2.46. The van der Waals surface area contributed by atoms with Crippen molar-refractivity contribution in [1.29, 1.82) is 5.26 Å². The molecule has 0 amide bonds. The third-order valence-corrected chi connectivity index (χ3v) is 2.92. The van der Waals surface area contributed by atoms with E-state index in [9.17, 15) is 9.50 Å². The number of rotatable bonds is 4. The van der Waals surface area contributed by atoms with Gasteiger partial charge in [-0.25, -0.2) is 4.39 Å². The first kappa shape index (κ1) is 14.0. The highest BCUT2D eigenvalue weighted by molar-refractivity contribution is 5.34. The number of ether oxygens (including phenoxy) is 1. The second-order valence-electron chi connectivity index (χ2n) is 4.46. The largest absolute Gasteiger partial charge is 0.489 e. The van der Waals surface area contributed by atoms with Gasteiger partial charge in [0.05, 0.1) is 11.7 Å². The maximum absolute atomic E-state index is 13.2. The van der Waals surface area contributed by atoms with Gasteiger partial charge in [0, 0.05) is 0 Å². The molecule has 1 atom stereocenters. The molecular formula is C16H14FNO2. The fraction of sp³-hybridized carbons (Fsp3) is 0.188. The molecule has 20 heavy (non-hydrogen) atoms. The van der Waals surface area contributed by atoms with Gasteiger partial charge >= 0.3 is 0 Å². The van der Waals surface area contributed by atoms with Crippen molar-refractivity contribution in [3.05, 3.63) is 65.0 Å². The van der Waals surface area contributed by atoms with Gasteiger partial charge in [-0.05, 0) is 42.3 Å². The summed E-state index contributed by atoms with van der Waals surface area (Å²) < 4.78 is 18.7. The SMILES string of the molecule is CC(O)c1ccc(OCc2ccc(F)c(C#N)c2)cc1. The monoisotopic (exact) mass is 271 g/mol. The Labute approximate surface area is 116 Å². The van der Waals surface area contributed by atoms with Crippen LogP contribution < -0.4 is 4.74 Å². The molecule has 0 bridgehead atoms. The van der Waals surface area contributed by atoms with E-state index in [0.29, 0.717) is 5.75 Å². The number of benzene rings is 2. The normalized spacial score (nSPS) is 11.7. The summed E-state index contributed by atoms with van der Waals surface area (Å²) in [4.78, 5) is 0. The third kappa shape index (κ3) is 3.34. The highest BCUT2D eigenvalue weighted by atomic mass is 19.1. The van der Waals surface area contributed by atoms with Gasteiger partial charge < -0.3 is 9.84 Å². The van der Waals surface area contributed by atoms with Crippen molar-refractivity contribution in [1.82, 2.24) is 0 Å². The van der Waals surface area contributed by atoms with Crippen molar-refractivity contribution in [3.63, 3.8) is 0 Å². The minimum atomic E-state index is -0.530. The third-order valence-electron chi connectivity index (χ3n) is 2.92. The first-order chi connectivity index (χ1) is 9.60. The molecule has 0 fully saturated rings. The Morgan fingerprint density at radius 3 is 2.55 bits per heavy atom. The fourth-order valence-corrected chi connectivity index (χ4v) is 1.76. The lowest BCUT2D eigenvalue weighted by atomic mass is 10.1. The molecule has 0 aliphatic rings. The van der Waals surface area contributed by atoms with E-state index in [1.807, 2.05) is 0 Å². The van der Waals surface area contributed by atoms with Crippen molar-refractivity contribution in [2.45, 2.75) is 19.6 Å². The molecular weight excluding hydrogens is 257 g/mol. The summed E-state index contributed by atoms with van der Waals surface area (Å²) in [5, 5.41) is 18.2. The molecule has 0 aliphatic heterocycles. The van der Waals surface area contributed by atoms with Gasteiger partial charge in [0.2, 0.25) is 0 Å². The molecule has 102 valence electrons. The van der Waals surface area contributed by atoms with Crippen LogP contribution in [-0.2, 0) is 6.61 Å². The Kier molecular flexibility index (Phi) is 4.34. The van der Waals surface area contributed by atoms with Gasteiger partial charge in [-0.1, -0.05) is 18.2 Å². The van der Waals surface area contributed by atoms with Crippen LogP contribution in [0.5, 0.6) is 5.75 Å². The summed E-state index contributed by atoms with van der Waals surface area (Å²) in [6.07, 6.45) is -0.515. The zero-order valence-electron chi connectivity index (χ0n) is 11.0. The molecule has 1 unspecified atom stereocenters. The molecule has 0 aromatic heterocycles. The van der Waals surface area contributed by atoms with Crippen LogP contribution in [0.25, 0.3) is 0 Å². The standard InChI is InChI=1S/C16H14FNO2/c1-11(19)13-3-5-15(6-4-13)20-10-12-2-7-16(17)14(8-12)9-18/h2-8,11,19H,10H2,1H3. The second-order valence-corrected chi connectivity index (χ2v) is 4.46. The topological polar surface area (TPSA) is 53.2 Å². The van der Waals surface area contributed by atoms with Gasteiger partial charge in [-0.3, -0.25) is 0 Å². The van der Waals surface area contributed by atoms with Crippen LogP contribution >= 0.6 is 0 Å². The number of hydrogen-bond acceptors (Lipinski definition) is 3. The van der Waals surface area contributed by atoms with E-state index in [1.54, 1.807) is 43.3 Å². The number of aliphatic hydroxyl groups excluding tert-OH is 1. The summed E-state index contributed by atoms with van der Waals surface area (Å²) >= 11 is 0. The zero-order valence-corrected chi connectivity index (χ0v) is 11.0. The predicted octanol–water partition coefficient (Wildman–Crippen LogP) is 3.33. The van der Waals surface area contributed by atoms with Gasteiger partial charge in [0.25, 0.3) is 0 Å². The molecule has 0 aliphatic carbocycles. The van der Waals surface area contributed by atoms with Crippen molar-refractivity contribution >= 4 is 0 Å². The Morgan fingerprint density at radius 1 is 1.25 bits per heavy atom. The van der Waals surface area contributed by atoms with Crippen molar-refractivity contribution in [3.8, 4) is 11.8 Å². The molecule has 0 spiro atoms. The molecule has 2 rings (SSSR count). The van der Waals surface area contributed by atoms with Crippen LogP contribution in [0.15, 0.2) is 42.5 Å². The Bertz CT molecular complexity index is 630. The number of aliphatic hydroxyl groups is 1. The zero-order chi connectivity index (χ0) is 14.5. The van der Waals surface area contributed by atoms with Crippen LogP contribution in [0.2, 0.25) is 0 Å². The minimum absolute atomic E-state index is 0.00977. The van der Waals surface area contributed by atoms with Crippen molar-refractivity contribution in [2.24, 2.45) is 0 Å². The van der Waals surface area contributed by atoms with E-state index < -0.39 is 11.9 Å². The smallest absolute Gasteiger partial charge is 0.140 e. The van der Waals surface area contributed by atoms with E-state index in [0.717, 1.165) is 11.1 Å². The lowest BCUT2D eigenvalue weighted by molar-refractivity contribution is 0.199. The Balaban J connectivity index is 2.03. The summed E-state index contributed by atoms with van der Waals surface area (Å²) in [6, 6.07) is 13.2. The highest BCUT2D eigenvalue weighted by Gasteiger charge is 2.04. The lowest BCUT2D eigenvalue weighted by Gasteiger charge is -2.09. The maximum Gasteiger partial charge on any atom is 0.140 e. The molecule has 4 heteroatoms. The molecule has 2 aromatic carbocycles. The summed E-state index contributed by atoms with van der Waals surface area (Å²) in [7, 11) is 0. The van der Waals surface area contributed by atoms with E-state index in [-0.39, 0.29) is 12.2 Å². The minimum Gasteiger partial charge on any atom is -0.489 e. The van der Waals surface area contributed by atoms with Crippen LogP contribution in [-0.4, -0.2) is 5.11 Å². The summed E-state index contributed by atoms with van der Waals surface area (Å²) in [5.74, 6) is 0.120. The van der Waals surface area contributed by atoms with Gasteiger partial charge in [-0.15, -0.1) is 0 Å². The quantitative estimate of drug-likeness (QED) is 0.928. The molecule has 3 nitrogen and oxygen atoms in total. The van der Waals surface area contributed by atoms with E-state index in [1.165, 1.54) is 12.1 Å². The number of nitriles is 1. The maximum atomic E-state index is 13.2. The van der Waals surface area contributed by atoms with Crippen molar-refractivity contribution < 1.29 is 14.2 Å². The van der Waals surface area contributed by atoms with Crippen LogP contribution in [0.4, 0.5) is 4.39 Å². The lowest BCUT2D eigenvalue weighted by Crippen LogP contribution is -1.98. The van der Waals surface area contributed by atoms with E-state index in [2.05, 4.69) is 0 Å². The molecule has 2 aromatic rings. The van der Waals surface area contributed by atoms with Crippen molar-refractivity contribution in [2.75, 3.05) is 0 Å². The number of nitrogens with zero attached hydrogens (tertiary/aromatic N) is 1. The number of hydrogen-bond donors (Lipinski definition) is 1. The fourth-order valence-electron chi connectivity index (χ4n) is 1.76. The van der Waals surface area contributed by atoms with Crippen LogP contribution in [0.3, 0.4) is 0 Å². The second kappa shape index (κ2) is 6.18. The Hall–Kier alpha value is -2.38. The predicted molar refractivity (Wildman–Crippen MR) is 72.5 cm³/mol. The molecule has 0 saturated heterocycles. The van der Waals surface area contributed by atoms with Crippen LogP contribution in [0.1, 0.15) is 29.7 Å². The van der Waals surface area contributed by atoms with Gasteiger partial charge in [0.15, 0.2) is 0 Å². The summed E-state index contributed by atoms with van der Waals surface area (Å²) in [6.45, 7) is 1.95. The first-order valence-corrected chi connectivity index (χ1v) is 6.19. The molecule has 0 radical (unpaired) electrons. The van der Waals surface area contributed by atoms with E-state index in [4.69, 9.17) is 10.00 Å². The molecule has 1 N–H and O–H groups in total. The van der Waals surface area contributed by atoms with Gasteiger partial charge in [0.1, 0.15) is 24.2 Å². The summed E-state index contributed by atoms with van der Waals surface area (Å²) in [5.41, 5.74) is 1.55. The van der Waals surface area contributed by atoms with E-state index >= 15 is 0 Å². The molecule has 0 saturated carbocycles. The highest BCUT2D eigenvalue weighted by Crippen LogP contribution is 2.19. The van der Waals surface area contributed by atoms with Gasteiger partial charge in [-0.2, -0.15) is 5.26 Å². The number of halogens is 1. The first-order valence-electron chi connectivity index (χ1n) is 6.19. The Morgan fingerprint density at radius 2 is 1.95 bits per heavy atom. The molecule has 0 heterocycles. The average molecular weight is 271 g/mol. The van der Waals surface area contributed by atoms with Crippen LogP contribution in [0, 0.1) is 17.1 Å².